The molecular weight excluding hydrogens is 498 g/mol. The maximum Gasteiger partial charge on any atom is 0.329 e. The fraction of sp³-hybridized carbons (Fsp3) is 0.300. The molecule has 0 aromatic heterocycles. The minimum absolute atomic E-state index is 0.208. The van der Waals surface area contributed by atoms with E-state index in [1.54, 1.807) is 0 Å². The number of hydrogen-bond acceptors (Lipinski definition) is 7. The summed E-state index contributed by atoms with van der Waals surface area (Å²) in [4.78, 5) is 30.1. The molecule has 0 fully saturated rings. The number of aliphatic carboxylic acids is 2. The van der Waals surface area contributed by atoms with Gasteiger partial charge in [0.1, 0.15) is 18.9 Å². The lowest BCUT2D eigenvalue weighted by Crippen LogP contribution is -2.29. The highest BCUT2D eigenvalue weighted by Gasteiger charge is 2.09. The van der Waals surface area contributed by atoms with Gasteiger partial charge in [-0.25, -0.2) is 4.79 Å². The van der Waals surface area contributed by atoms with Crippen LogP contribution in [-0.4, -0.2) is 61.3 Å². The molecular formula is C30H41N3O6. The van der Waals surface area contributed by atoms with Gasteiger partial charge in [0.2, 0.25) is 0 Å². The van der Waals surface area contributed by atoms with Crippen molar-refractivity contribution >= 4 is 18.2 Å². The van der Waals surface area contributed by atoms with Crippen molar-refractivity contribution in [2.24, 2.45) is 17.2 Å². The number of carboxylic acids is 2. The first-order valence-electron chi connectivity index (χ1n) is 12.5. The molecule has 0 aliphatic rings. The summed E-state index contributed by atoms with van der Waals surface area (Å²) in [5, 5.41) is 16.1. The van der Waals surface area contributed by atoms with Crippen molar-refractivity contribution in [3.63, 3.8) is 0 Å². The SMILES string of the molecule is COCC(=O)O.NCCCC[C@H](N)C(=O)O.NCCc1ccccc1.O=Cc1ccc(-c2ccccc2)cc1. The van der Waals surface area contributed by atoms with Crippen molar-refractivity contribution in [2.45, 2.75) is 31.7 Å². The van der Waals surface area contributed by atoms with Crippen molar-refractivity contribution in [2.75, 3.05) is 26.8 Å². The van der Waals surface area contributed by atoms with Crippen LogP contribution in [0.3, 0.4) is 0 Å². The number of methoxy groups -OCH3 is 1. The highest BCUT2D eigenvalue weighted by molar-refractivity contribution is 5.76. The van der Waals surface area contributed by atoms with E-state index in [0.717, 1.165) is 37.7 Å². The van der Waals surface area contributed by atoms with E-state index in [1.165, 1.54) is 18.2 Å². The molecule has 39 heavy (non-hydrogen) atoms. The third-order valence-corrected chi connectivity index (χ3v) is 4.98. The standard InChI is InChI=1S/C13H10O.C8H11N.C6H14N2O2.C3H6O3/c14-10-11-6-8-13(9-7-11)12-4-2-1-3-5-12;9-7-6-8-4-2-1-3-5-8;7-4-2-1-3-5(8)6(9)10;1-6-2-3(4)5/h1-10H;1-5H,6-7,9H2;5H,1-4,7-8H2,(H,9,10);2H2,1H3,(H,4,5)/t;;5-;/m..0./s1. The number of carbonyl (C=O) groups excluding carboxylic acids is 1. The lowest BCUT2D eigenvalue weighted by Gasteiger charge is -2.03. The first kappa shape index (κ1) is 35.1. The Morgan fingerprint density at radius 3 is 1.77 bits per heavy atom. The Bertz CT molecular complexity index is 1030. The molecule has 0 bridgehead atoms. The van der Waals surface area contributed by atoms with Gasteiger partial charge in [0, 0.05) is 12.7 Å². The number of hydrogen-bond donors (Lipinski definition) is 5. The van der Waals surface area contributed by atoms with E-state index in [2.05, 4.69) is 29.0 Å². The van der Waals surface area contributed by atoms with E-state index < -0.39 is 18.0 Å². The van der Waals surface area contributed by atoms with Crippen LogP contribution < -0.4 is 17.2 Å². The average Bonchev–Trinajstić information content (AvgIpc) is 2.95. The molecule has 0 aliphatic heterocycles. The van der Waals surface area contributed by atoms with E-state index in [-0.39, 0.29) is 6.61 Å². The average molecular weight is 540 g/mol. The Morgan fingerprint density at radius 2 is 1.36 bits per heavy atom. The predicted octanol–water partition coefficient (Wildman–Crippen LogP) is 3.60. The van der Waals surface area contributed by atoms with Crippen LogP contribution in [0.5, 0.6) is 0 Å². The molecule has 9 nitrogen and oxygen atoms in total. The molecule has 0 spiro atoms. The maximum absolute atomic E-state index is 10.5. The van der Waals surface area contributed by atoms with E-state index in [4.69, 9.17) is 27.4 Å². The molecule has 3 aromatic carbocycles. The normalized spacial score (nSPS) is 10.3. The zero-order chi connectivity index (χ0) is 29.3. The van der Waals surface area contributed by atoms with Gasteiger partial charge >= 0.3 is 11.9 Å². The summed E-state index contributed by atoms with van der Waals surface area (Å²) >= 11 is 0. The molecule has 9 heteroatoms. The number of rotatable bonds is 11. The first-order valence-corrected chi connectivity index (χ1v) is 12.5. The van der Waals surface area contributed by atoms with Crippen LogP contribution in [0.15, 0.2) is 84.9 Å². The van der Waals surface area contributed by atoms with Crippen LogP contribution in [0, 0.1) is 0 Å². The summed E-state index contributed by atoms with van der Waals surface area (Å²) in [6.45, 7) is 1.14. The second-order valence-corrected chi connectivity index (χ2v) is 8.19. The molecule has 3 rings (SSSR count). The number of nitrogens with two attached hydrogens (primary N) is 3. The third-order valence-electron chi connectivity index (χ3n) is 4.98. The number of carbonyl (C=O) groups is 3. The summed E-state index contributed by atoms with van der Waals surface area (Å²) in [6.07, 6.45) is 4.01. The van der Waals surface area contributed by atoms with Crippen molar-refractivity contribution < 1.29 is 29.3 Å². The zero-order valence-electron chi connectivity index (χ0n) is 22.4. The monoisotopic (exact) mass is 539 g/mol. The van der Waals surface area contributed by atoms with Crippen LogP contribution in [0.1, 0.15) is 35.2 Å². The van der Waals surface area contributed by atoms with Gasteiger partial charge in [-0.3, -0.25) is 9.59 Å². The molecule has 0 aliphatic carbocycles. The van der Waals surface area contributed by atoms with Gasteiger partial charge in [0.25, 0.3) is 0 Å². The fourth-order valence-corrected chi connectivity index (χ4v) is 2.95. The smallest absolute Gasteiger partial charge is 0.329 e. The van der Waals surface area contributed by atoms with Gasteiger partial charge < -0.3 is 32.2 Å². The van der Waals surface area contributed by atoms with E-state index in [9.17, 15) is 14.4 Å². The lowest BCUT2D eigenvalue weighted by atomic mass is 10.0. The number of ether oxygens (including phenoxy) is 1. The number of carboxylic acid groups (broad SMARTS) is 2. The Labute approximate surface area is 230 Å². The van der Waals surface area contributed by atoms with E-state index in [1.807, 2.05) is 60.7 Å². The Hall–Kier alpha value is -3.89. The van der Waals surface area contributed by atoms with Gasteiger partial charge in [0.05, 0.1) is 0 Å². The van der Waals surface area contributed by atoms with Crippen molar-refractivity contribution in [1.82, 2.24) is 0 Å². The highest BCUT2D eigenvalue weighted by Crippen LogP contribution is 2.18. The molecule has 3 aromatic rings. The van der Waals surface area contributed by atoms with Gasteiger partial charge in [-0.05, 0) is 49.0 Å². The molecule has 0 saturated heterocycles. The molecule has 0 saturated carbocycles. The molecule has 212 valence electrons. The largest absolute Gasteiger partial charge is 0.480 e. The summed E-state index contributed by atoms with van der Waals surface area (Å²) < 4.78 is 4.20. The third kappa shape index (κ3) is 18.9. The molecule has 0 radical (unpaired) electrons. The molecule has 0 amide bonds. The second kappa shape index (κ2) is 23.2. The Morgan fingerprint density at radius 1 is 0.821 bits per heavy atom. The lowest BCUT2D eigenvalue weighted by molar-refractivity contribution is -0.141. The topological polar surface area (TPSA) is 179 Å². The van der Waals surface area contributed by atoms with E-state index in [0.29, 0.717) is 18.5 Å². The van der Waals surface area contributed by atoms with Crippen LogP contribution in [0.2, 0.25) is 0 Å². The fourth-order valence-electron chi connectivity index (χ4n) is 2.95. The van der Waals surface area contributed by atoms with Gasteiger partial charge in [-0.15, -0.1) is 0 Å². The number of unbranched alkanes of at least 4 members (excludes halogenated alkanes) is 1. The first-order chi connectivity index (χ1) is 18.8. The highest BCUT2D eigenvalue weighted by atomic mass is 16.5. The number of benzene rings is 3. The quantitative estimate of drug-likeness (QED) is 0.180. The molecule has 0 heterocycles. The van der Waals surface area contributed by atoms with Crippen molar-refractivity contribution in [1.29, 1.82) is 0 Å². The van der Waals surface area contributed by atoms with Gasteiger partial charge in [-0.2, -0.15) is 0 Å². The van der Waals surface area contributed by atoms with Crippen LogP contribution >= 0.6 is 0 Å². The van der Waals surface area contributed by atoms with Crippen LogP contribution in [0.25, 0.3) is 11.1 Å². The predicted molar refractivity (Wildman–Crippen MR) is 154 cm³/mol. The van der Waals surface area contributed by atoms with Gasteiger partial charge in [-0.1, -0.05) is 91.3 Å². The van der Waals surface area contributed by atoms with Crippen LogP contribution in [-0.2, 0) is 20.7 Å². The summed E-state index contributed by atoms with van der Waals surface area (Å²) in [7, 11) is 1.34. The zero-order valence-corrected chi connectivity index (χ0v) is 22.4. The minimum atomic E-state index is -0.933. The second-order valence-electron chi connectivity index (χ2n) is 8.19. The number of aldehydes is 1. The summed E-state index contributed by atoms with van der Waals surface area (Å²) in [5.41, 5.74) is 20.1. The Kier molecular flexibility index (Phi) is 20.9. The van der Waals surface area contributed by atoms with Crippen molar-refractivity contribution in [3.05, 3.63) is 96.1 Å². The van der Waals surface area contributed by atoms with Gasteiger partial charge in [0.15, 0.2) is 0 Å². The summed E-state index contributed by atoms with van der Waals surface area (Å²) in [5.74, 6) is -1.87. The molecule has 8 N–H and O–H groups in total. The maximum atomic E-state index is 10.5. The van der Waals surface area contributed by atoms with Crippen LogP contribution in [0.4, 0.5) is 0 Å². The van der Waals surface area contributed by atoms with E-state index >= 15 is 0 Å². The Balaban J connectivity index is 0.000000518. The van der Waals surface area contributed by atoms with Crippen molar-refractivity contribution in [3.8, 4) is 11.1 Å². The minimum Gasteiger partial charge on any atom is -0.480 e. The molecule has 0 unspecified atom stereocenters. The molecule has 1 atom stereocenters. The summed E-state index contributed by atoms with van der Waals surface area (Å²) in [6, 6.07) is 27.2.